The lowest BCUT2D eigenvalue weighted by molar-refractivity contribution is 1.24. The van der Waals surface area contributed by atoms with Gasteiger partial charge in [-0.15, -0.1) is 0 Å². The molecule has 1 heterocycles. The van der Waals surface area contributed by atoms with Gasteiger partial charge in [0.15, 0.2) is 0 Å². The Hall–Kier alpha value is -2.80. The third kappa shape index (κ3) is 1.95. The Morgan fingerprint density at radius 1 is 0.714 bits per heavy atom. The lowest BCUT2D eigenvalue weighted by atomic mass is 9.98. The summed E-state index contributed by atoms with van der Waals surface area (Å²) in [4.78, 5) is 0. The van der Waals surface area contributed by atoms with E-state index in [4.69, 9.17) is 0 Å². The van der Waals surface area contributed by atoms with E-state index in [9.17, 15) is 0 Å². The molecule has 0 saturated carbocycles. The van der Waals surface area contributed by atoms with Crippen molar-refractivity contribution in [3.8, 4) is 22.3 Å². The van der Waals surface area contributed by atoms with E-state index in [0.29, 0.717) is 0 Å². The number of fused-ring (bicyclic) bond motifs is 3. The van der Waals surface area contributed by atoms with Crippen molar-refractivity contribution in [1.82, 2.24) is 5.32 Å². The van der Waals surface area contributed by atoms with E-state index in [0.717, 1.165) is 16.9 Å². The molecule has 0 spiro atoms. The van der Waals surface area contributed by atoms with Crippen LogP contribution >= 0.6 is 0 Å². The molecule has 1 aliphatic rings. The van der Waals surface area contributed by atoms with Crippen LogP contribution in [-0.2, 0) is 0 Å². The zero-order valence-corrected chi connectivity index (χ0v) is 11.6. The summed E-state index contributed by atoms with van der Waals surface area (Å²) in [7, 11) is 0. The van der Waals surface area contributed by atoms with Crippen LogP contribution in [0, 0.1) is 0 Å². The SMILES string of the molecule is C=Cc1ccc(-c2ccc3c(c2)-c2ccccc2[N]3)cc1. The Morgan fingerprint density at radius 2 is 1.43 bits per heavy atom. The maximum atomic E-state index is 4.66. The standard InChI is InChI=1S/C20H14N/c1-2-14-7-9-15(10-8-14)16-11-12-20-18(13-16)17-5-3-4-6-19(17)21-20/h2-13H,1H2. The van der Waals surface area contributed by atoms with E-state index < -0.39 is 0 Å². The van der Waals surface area contributed by atoms with Gasteiger partial charge in [-0.1, -0.05) is 61.2 Å². The predicted molar refractivity (Wildman–Crippen MR) is 88.9 cm³/mol. The molecule has 0 fully saturated rings. The van der Waals surface area contributed by atoms with E-state index in [2.05, 4.69) is 72.6 Å². The molecule has 3 aromatic rings. The average Bonchev–Trinajstić information content (AvgIpc) is 2.93. The number of nitrogens with zero attached hydrogens (tertiary/aromatic N) is 1. The molecule has 1 radical (unpaired) electrons. The first-order valence-corrected chi connectivity index (χ1v) is 7.03. The van der Waals surface area contributed by atoms with Crippen molar-refractivity contribution < 1.29 is 0 Å². The van der Waals surface area contributed by atoms with Crippen molar-refractivity contribution in [2.75, 3.05) is 0 Å². The topological polar surface area (TPSA) is 14.1 Å². The van der Waals surface area contributed by atoms with Crippen molar-refractivity contribution >= 4 is 17.5 Å². The molecule has 0 unspecified atom stereocenters. The predicted octanol–water partition coefficient (Wildman–Crippen LogP) is 5.54. The Kier molecular flexibility index (Phi) is 2.65. The molecule has 21 heavy (non-hydrogen) atoms. The summed E-state index contributed by atoms with van der Waals surface area (Å²) in [5.41, 5.74) is 8.13. The third-order valence-corrected chi connectivity index (χ3v) is 3.91. The first-order valence-electron chi connectivity index (χ1n) is 7.03. The summed E-state index contributed by atoms with van der Waals surface area (Å²) in [6.07, 6.45) is 1.86. The third-order valence-electron chi connectivity index (χ3n) is 3.91. The van der Waals surface area contributed by atoms with E-state index in [1.54, 1.807) is 0 Å². The van der Waals surface area contributed by atoms with Crippen molar-refractivity contribution in [2.45, 2.75) is 0 Å². The zero-order chi connectivity index (χ0) is 14.2. The van der Waals surface area contributed by atoms with Gasteiger partial charge in [0, 0.05) is 11.1 Å². The maximum absolute atomic E-state index is 4.66. The Morgan fingerprint density at radius 3 is 2.24 bits per heavy atom. The molecule has 99 valence electrons. The number of rotatable bonds is 2. The van der Waals surface area contributed by atoms with Crippen LogP contribution in [0.1, 0.15) is 5.56 Å². The van der Waals surface area contributed by atoms with Gasteiger partial charge >= 0.3 is 0 Å². The largest absolute Gasteiger partial charge is 0.248 e. The average molecular weight is 268 g/mol. The van der Waals surface area contributed by atoms with E-state index in [1.165, 1.54) is 22.3 Å². The summed E-state index contributed by atoms with van der Waals surface area (Å²) >= 11 is 0. The molecule has 0 aromatic heterocycles. The first kappa shape index (κ1) is 12.0. The Balaban J connectivity index is 1.81. The Labute approximate surface area is 124 Å². The summed E-state index contributed by atoms with van der Waals surface area (Å²) in [6, 6.07) is 23.2. The molecule has 0 bridgehead atoms. The molecule has 0 N–H and O–H groups in total. The summed E-state index contributed by atoms with van der Waals surface area (Å²) in [5, 5.41) is 4.66. The van der Waals surface area contributed by atoms with Crippen LogP contribution in [0.5, 0.6) is 0 Å². The molecule has 3 aromatic carbocycles. The molecule has 1 nitrogen and oxygen atoms in total. The number of hydrogen-bond acceptors (Lipinski definition) is 0. The van der Waals surface area contributed by atoms with Crippen molar-refractivity contribution in [3.63, 3.8) is 0 Å². The van der Waals surface area contributed by atoms with E-state index in [1.807, 2.05) is 12.1 Å². The molecule has 4 rings (SSSR count). The van der Waals surface area contributed by atoms with Crippen LogP contribution in [0.4, 0.5) is 11.4 Å². The summed E-state index contributed by atoms with van der Waals surface area (Å²) in [5.74, 6) is 0. The second kappa shape index (κ2) is 4.64. The highest BCUT2D eigenvalue weighted by atomic mass is 14.9. The van der Waals surface area contributed by atoms with Gasteiger partial charge in [-0.2, -0.15) is 0 Å². The van der Waals surface area contributed by atoms with Gasteiger partial charge in [0.2, 0.25) is 0 Å². The van der Waals surface area contributed by atoms with Crippen LogP contribution in [0.25, 0.3) is 28.3 Å². The monoisotopic (exact) mass is 268 g/mol. The van der Waals surface area contributed by atoms with Gasteiger partial charge in [0.05, 0.1) is 11.4 Å². The highest BCUT2D eigenvalue weighted by Gasteiger charge is 2.19. The van der Waals surface area contributed by atoms with Crippen LogP contribution in [-0.4, -0.2) is 0 Å². The second-order valence-corrected chi connectivity index (χ2v) is 5.19. The number of para-hydroxylation sites is 1. The molecule has 0 amide bonds. The minimum absolute atomic E-state index is 1.06. The van der Waals surface area contributed by atoms with Gasteiger partial charge in [-0.3, -0.25) is 0 Å². The first-order chi connectivity index (χ1) is 10.3. The summed E-state index contributed by atoms with van der Waals surface area (Å²) < 4.78 is 0. The van der Waals surface area contributed by atoms with Crippen molar-refractivity contribution in [2.24, 2.45) is 0 Å². The minimum Gasteiger partial charge on any atom is -0.248 e. The van der Waals surface area contributed by atoms with E-state index >= 15 is 0 Å². The highest BCUT2D eigenvalue weighted by Crippen LogP contribution is 2.44. The van der Waals surface area contributed by atoms with Gasteiger partial charge in [0.1, 0.15) is 0 Å². The van der Waals surface area contributed by atoms with Crippen LogP contribution in [0.15, 0.2) is 73.3 Å². The Bertz CT molecular complexity index is 829. The molecule has 0 atom stereocenters. The zero-order valence-electron chi connectivity index (χ0n) is 11.6. The fourth-order valence-corrected chi connectivity index (χ4v) is 2.77. The van der Waals surface area contributed by atoms with Crippen LogP contribution < -0.4 is 5.32 Å². The van der Waals surface area contributed by atoms with Crippen LogP contribution in [0.2, 0.25) is 0 Å². The lowest BCUT2D eigenvalue weighted by Crippen LogP contribution is -1.83. The van der Waals surface area contributed by atoms with Crippen LogP contribution in [0.3, 0.4) is 0 Å². The molecule has 0 saturated heterocycles. The van der Waals surface area contributed by atoms with Crippen molar-refractivity contribution in [3.05, 3.63) is 78.9 Å². The normalized spacial score (nSPS) is 11.4. The molecule has 1 heteroatoms. The molecular weight excluding hydrogens is 254 g/mol. The van der Waals surface area contributed by atoms with Gasteiger partial charge < -0.3 is 0 Å². The lowest BCUT2D eigenvalue weighted by Gasteiger charge is -2.05. The fourth-order valence-electron chi connectivity index (χ4n) is 2.77. The molecule has 0 aliphatic carbocycles. The molecular formula is C20H14N. The minimum atomic E-state index is 1.06. The van der Waals surface area contributed by atoms with E-state index in [-0.39, 0.29) is 0 Å². The fraction of sp³-hybridized carbons (Fsp3) is 0. The van der Waals surface area contributed by atoms with Gasteiger partial charge in [-0.25, -0.2) is 5.32 Å². The number of benzene rings is 3. The van der Waals surface area contributed by atoms with Gasteiger partial charge in [-0.05, 0) is 34.9 Å². The highest BCUT2D eigenvalue weighted by molar-refractivity contribution is 5.92. The quantitative estimate of drug-likeness (QED) is 0.453. The summed E-state index contributed by atoms with van der Waals surface area (Å²) in [6.45, 7) is 3.79. The smallest absolute Gasteiger partial charge is 0.0716 e. The van der Waals surface area contributed by atoms with Crippen molar-refractivity contribution in [1.29, 1.82) is 0 Å². The van der Waals surface area contributed by atoms with Gasteiger partial charge in [0.25, 0.3) is 0 Å². The second-order valence-electron chi connectivity index (χ2n) is 5.19. The molecule has 1 aliphatic heterocycles. The maximum Gasteiger partial charge on any atom is 0.0716 e. The number of hydrogen-bond donors (Lipinski definition) is 0.